The predicted octanol–water partition coefficient (Wildman–Crippen LogP) is 2.05. The molecule has 1 saturated heterocycles. The van der Waals surface area contributed by atoms with Crippen LogP contribution in [0.15, 0.2) is 53.4 Å². The van der Waals surface area contributed by atoms with Crippen LogP contribution in [0.5, 0.6) is 5.75 Å². The summed E-state index contributed by atoms with van der Waals surface area (Å²) in [6.07, 6.45) is 0. The van der Waals surface area contributed by atoms with E-state index in [-0.39, 0.29) is 43.6 Å². The van der Waals surface area contributed by atoms with Crippen molar-refractivity contribution in [1.82, 2.24) is 9.21 Å². The summed E-state index contributed by atoms with van der Waals surface area (Å²) >= 11 is 0. The molecule has 0 atom stereocenters. The van der Waals surface area contributed by atoms with Gasteiger partial charge in [0.25, 0.3) is 5.91 Å². The molecule has 1 heterocycles. The molecule has 0 bridgehead atoms. The maximum absolute atomic E-state index is 13.0. The zero-order chi connectivity index (χ0) is 19.4. The van der Waals surface area contributed by atoms with Crippen LogP contribution in [0.4, 0.5) is 4.39 Å². The van der Waals surface area contributed by atoms with E-state index in [2.05, 4.69) is 0 Å². The summed E-state index contributed by atoms with van der Waals surface area (Å²) in [7, 11) is -3.69. The van der Waals surface area contributed by atoms with Crippen molar-refractivity contribution < 1.29 is 22.3 Å². The van der Waals surface area contributed by atoms with Gasteiger partial charge in [-0.2, -0.15) is 4.31 Å². The maximum Gasteiger partial charge on any atom is 0.260 e. The van der Waals surface area contributed by atoms with Crippen molar-refractivity contribution >= 4 is 15.9 Å². The van der Waals surface area contributed by atoms with Gasteiger partial charge in [-0.05, 0) is 43.3 Å². The Hall–Kier alpha value is -2.45. The highest BCUT2D eigenvalue weighted by Crippen LogP contribution is 2.18. The monoisotopic (exact) mass is 392 g/mol. The quantitative estimate of drug-likeness (QED) is 0.781. The Bertz CT molecular complexity index is 890. The van der Waals surface area contributed by atoms with E-state index in [1.54, 1.807) is 17.0 Å². The van der Waals surface area contributed by atoms with Crippen molar-refractivity contribution in [1.29, 1.82) is 0 Å². The van der Waals surface area contributed by atoms with E-state index < -0.39 is 15.8 Å². The molecule has 27 heavy (non-hydrogen) atoms. The van der Waals surface area contributed by atoms with Crippen LogP contribution in [-0.2, 0) is 14.8 Å². The first-order valence-electron chi connectivity index (χ1n) is 8.59. The number of benzene rings is 2. The van der Waals surface area contributed by atoms with Gasteiger partial charge in [0.15, 0.2) is 6.61 Å². The molecule has 0 aliphatic carbocycles. The second kappa shape index (κ2) is 8.06. The Kier molecular flexibility index (Phi) is 5.76. The molecule has 1 fully saturated rings. The number of aryl methyl sites for hydroxylation is 1. The second-order valence-electron chi connectivity index (χ2n) is 6.34. The van der Waals surface area contributed by atoms with E-state index in [1.165, 1.54) is 16.4 Å². The molecule has 0 spiro atoms. The van der Waals surface area contributed by atoms with Crippen molar-refractivity contribution in [3.63, 3.8) is 0 Å². The molecular weight excluding hydrogens is 371 g/mol. The first-order chi connectivity index (χ1) is 12.9. The van der Waals surface area contributed by atoms with Crippen molar-refractivity contribution in [3.05, 3.63) is 59.9 Å². The Morgan fingerprint density at radius 1 is 1.00 bits per heavy atom. The number of amides is 1. The minimum absolute atomic E-state index is 0.0476. The van der Waals surface area contributed by atoms with E-state index in [0.29, 0.717) is 5.75 Å². The van der Waals surface area contributed by atoms with Gasteiger partial charge in [-0.1, -0.05) is 17.7 Å². The molecule has 1 aliphatic heterocycles. The van der Waals surface area contributed by atoms with Crippen LogP contribution >= 0.6 is 0 Å². The lowest BCUT2D eigenvalue weighted by atomic mass is 10.2. The van der Waals surface area contributed by atoms with Gasteiger partial charge >= 0.3 is 0 Å². The Morgan fingerprint density at radius 3 is 2.19 bits per heavy atom. The molecule has 0 radical (unpaired) electrons. The number of carbonyl (C=O) groups is 1. The number of ether oxygens (including phenoxy) is 1. The summed E-state index contributed by atoms with van der Waals surface area (Å²) in [5.74, 6) is -0.0566. The molecule has 0 aromatic heterocycles. The first-order valence-corrected chi connectivity index (χ1v) is 10.0. The lowest BCUT2D eigenvalue weighted by Crippen LogP contribution is -2.51. The molecule has 8 heteroatoms. The number of piperazine rings is 1. The largest absolute Gasteiger partial charge is 0.484 e. The first kappa shape index (κ1) is 19.3. The van der Waals surface area contributed by atoms with Gasteiger partial charge in [0.2, 0.25) is 10.0 Å². The fourth-order valence-electron chi connectivity index (χ4n) is 2.80. The lowest BCUT2D eigenvalue weighted by molar-refractivity contribution is -0.134. The smallest absolute Gasteiger partial charge is 0.260 e. The molecule has 0 saturated carbocycles. The standard InChI is InChI=1S/C19H21FN2O4S/c1-15-2-6-17(7-3-15)26-14-19(23)21-10-12-22(13-11-21)27(24,25)18-8-4-16(20)5-9-18/h2-9H,10-14H2,1H3. The predicted molar refractivity (Wildman–Crippen MR) is 98.4 cm³/mol. The molecule has 1 amide bonds. The molecule has 2 aromatic rings. The van der Waals surface area contributed by atoms with E-state index >= 15 is 0 Å². The average molecular weight is 392 g/mol. The summed E-state index contributed by atoms with van der Waals surface area (Å²) in [6.45, 7) is 2.83. The normalized spacial score (nSPS) is 15.6. The number of sulfonamides is 1. The van der Waals surface area contributed by atoms with Crippen molar-refractivity contribution in [2.24, 2.45) is 0 Å². The van der Waals surface area contributed by atoms with E-state index in [9.17, 15) is 17.6 Å². The number of nitrogens with zero attached hydrogens (tertiary/aromatic N) is 2. The number of rotatable bonds is 5. The minimum Gasteiger partial charge on any atom is -0.484 e. The van der Waals surface area contributed by atoms with Crippen LogP contribution in [0.25, 0.3) is 0 Å². The van der Waals surface area contributed by atoms with Crippen molar-refractivity contribution in [2.45, 2.75) is 11.8 Å². The van der Waals surface area contributed by atoms with E-state index in [0.717, 1.165) is 17.7 Å². The van der Waals surface area contributed by atoms with Crippen molar-refractivity contribution in [3.8, 4) is 5.75 Å². The highest BCUT2D eigenvalue weighted by molar-refractivity contribution is 7.89. The zero-order valence-electron chi connectivity index (χ0n) is 15.0. The molecule has 1 aliphatic rings. The van der Waals surface area contributed by atoms with Crippen LogP contribution in [0.1, 0.15) is 5.56 Å². The van der Waals surface area contributed by atoms with Crippen LogP contribution in [0.3, 0.4) is 0 Å². The lowest BCUT2D eigenvalue weighted by Gasteiger charge is -2.34. The highest BCUT2D eigenvalue weighted by Gasteiger charge is 2.30. The SMILES string of the molecule is Cc1ccc(OCC(=O)N2CCN(S(=O)(=O)c3ccc(F)cc3)CC2)cc1. The number of hydrogen-bond acceptors (Lipinski definition) is 4. The van der Waals surface area contributed by atoms with Gasteiger partial charge in [-0.25, -0.2) is 12.8 Å². The Morgan fingerprint density at radius 2 is 1.59 bits per heavy atom. The number of halogens is 1. The highest BCUT2D eigenvalue weighted by atomic mass is 32.2. The fourth-order valence-corrected chi connectivity index (χ4v) is 4.23. The summed E-state index contributed by atoms with van der Waals surface area (Å²) in [4.78, 5) is 13.9. The van der Waals surface area contributed by atoms with Gasteiger partial charge in [-0.3, -0.25) is 4.79 Å². The topological polar surface area (TPSA) is 66.9 Å². The average Bonchev–Trinajstić information content (AvgIpc) is 2.68. The molecule has 0 unspecified atom stereocenters. The van der Waals surface area contributed by atoms with E-state index in [1.807, 2.05) is 19.1 Å². The molecule has 144 valence electrons. The van der Waals surface area contributed by atoms with Gasteiger partial charge in [0, 0.05) is 26.2 Å². The number of carbonyl (C=O) groups excluding carboxylic acids is 1. The van der Waals surface area contributed by atoms with Crippen molar-refractivity contribution in [2.75, 3.05) is 32.8 Å². The molecule has 0 N–H and O–H groups in total. The van der Waals surface area contributed by atoms with Crippen LogP contribution in [0, 0.1) is 12.7 Å². The van der Waals surface area contributed by atoms with Crippen LogP contribution in [0.2, 0.25) is 0 Å². The Labute approximate surface area is 158 Å². The Balaban J connectivity index is 1.54. The molecule has 3 rings (SSSR count). The van der Waals surface area contributed by atoms with Crippen LogP contribution < -0.4 is 4.74 Å². The second-order valence-corrected chi connectivity index (χ2v) is 8.28. The molecular formula is C19H21FN2O4S. The van der Waals surface area contributed by atoms with E-state index in [4.69, 9.17) is 4.74 Å². The summed E-state index contributed by atoms with van der Waals surface area (Å²) < 4.78 is 45.0. The van der Waals surface area contributed by atoms with Gasteiger partial charge in [0.1, 0.15) is 11.6 Å². The maximum atomic E-state index is 13.0. The third-order valence-corrected chi connectivity index (χ3v) is 6.34. The summed E-state index contributed by atoms with van der Waals surface area (Å²) in [5.41, 5.74) is 1.10. The van der Waals surface area contributed by atoms with Gasteiger partial charge in [0.05, 0.1) is 4.90 Å². The number of hydrogen-bond donors (Lipinski definition) is 0. The van der Waals surface area contributed by atoms with Crippen LogP contribution in [-0.4, -0.2) is 56.3 Å². The summed E-state index contributed by atoms with van der Waals surface area (Å²) in [5, 5.41) is 0. The minimum atomic E-state index is -3.69. The molecule has 2 aromatic carbocycles. The third kappa shape index (κ3) is 4.64. The summed E-state index contributed by atoms with van der Waals surface area (Å²) in [6, 6.07) is 12.1. The van der Waals surface area contributed by atoms with Gasteiger partial charge in [-0.15, -0.1) is 0 Å². The fraction of sp³-hybridized carbons (Fsp3) is 0.316. The molecule has 6 nitrogen and oxygen atoms in total. The zero-order valence-corrected chi connectivity index (χ0v) is 15.8. The third-order valence-electron chi connectivity index (χ3n) is 4.43. The van der Waals surface area contributed by atoms with Gasteiger partial charge < -0.3 is 9.64 Å².